The Balaban J connectivity index is 1.90. The van der Waals surface area contributed by atoms with E-state index in [4.69, 9.17) is 18.9 Å². The van der Waals surface area contributed by atoms with Crippen LogP contribution in [-0.2, 0) is 30.3 Å². The lowest BCUT2D eigenvalue weighted by molar-refractivity contribution is -0.180. The summed E-state index contributed by atoms with van der Waals surface area (Å²) in [6.07, 6.45) is 1.30. The van der Waals surface area contributed by atoms with Crippen LogP contribution in [0.5, 0.6) is 0 Å². The molecule has 0 bridgehead atoms. The highest BCUT2D eigenvalue weighted by Gasteiger charge is 2.57. The molecule has 1 N–H and O–H groups in total. The molecule has 1 amide bonds. The summed E-state index contributed by atoms with van der Waals surface area (Å²) in [7, 11) is 0. The molecule has 1 saturated carbocycles. The van der Waals surface area contributed by atoms with Crippen molar-refractivity contribution in [3.05, 3.63) is 48.0 Å². The Kier molecular flexibility index (Phi) is 6.94. The minimum Gasteiger partial charge on any atom is -0.371 e. The minimum absolute atomic E-state index is 0.136. The predicted octanol–water partition coefficient (Wildman–Crippen LogP) is 2.83. The number of nitrogens with one attached hydrogen (secondary N) is 1. The first-order valence-corrected chi connectivity index (χ1v) is 10.3. The molecule has 162 valence electrons. The largest absolute Gasteiger partial charge is 0.371 e. The van der Waals surface area contributed by atoms with Crippen molar-refractivity contribution in [2.24, 2.45) is 0 Å². The summed E-state index contributed by atoms with van der Waals surface area (Å²) in [4.78, 5) is 13.2. The van der Waals surface area contributed by atoms with Gasteiger partial charge in [0.1, 0.15) is 6.10 Å². The maximum Gasteiger partial charge on any atom is 0.252 e. The number of carbonyl (C=O) groups excluding carboxylic acids is 1. The molecule has 1 heterocycles. The molecule has 1 aromatic rings. The van der Waals surface area contributed by atoms with E-state index in [2.05, 4.69) is 18.0 Å². The predicted molar refractivity (Wildman–Crippen MR) is 110 cm³/mol. The van der Waals surface area contributed by atoms with E-state index in [9.17, 15) is 10.1 Å². The van der Waals surface area contributed by atoms with Crippen LogP contribution in [0.1, 0.15) is 44.7 Å². The van der Waals surface area contributed by atoms with Crippen molar-refractivity contribution in [1.82, 2.24) is 5.32 Å². The van der Waals surface area contributed by atoms with Crippen LogP contribution < -0.4 is 5.32 Å². The van der Waals surface area contributed by atoms with Gasteiger partial charge in [-0.15, -0.1) is 6.58 Å². The van der Waals surface area contributed by atoms with Gasteiger partial charge in [0.15, 0.2) is 11.4 Å². The molecule has 1 aliphatic heterocycles. The third-order valence-corrected chi connectivity index (χ3v) is 5.47. The van der Waals surface area contributed by atoms with E-state index in [1.165, 1.54) is 0 Å². The van der Waals surface area contributed by atoms with Gasteiger partial charge < -0.3 is 24.3 Å². The van der Waals surface area contributed by atoms with Gasteiger partial charge >= 0.3 is 0 Å². The molecule has 0 spiro atoms. The molecule has 7 nitrogen and oxygen atoms in total. The van der Waals surface area contributed by atoms with Crippen molar-refractivity contribution in [2.75, 3.05) is 13.2 Å². The number of hydrogen-bond donors (Lipinski definition) is 1. The minimum atomic E-state index is -1.16. The summed E-state index contributed by atoms with van der Waals surface area (Å²) in [6.45, 7) is 10.2. The van der Waals surface area contributed by atoms with E-state index in [1.54, 1.807) is 18.2 Å². The van der Waals surface area contributed by atoms with Crippen LogP contribution in [0.3, 0.4) is 0 Å². The SMILES string of the molecule is C=CCO[C@H]1C[C@](OCc2ccccc2C#N)(C(=O)NCC)C[C@H]2OC(C)(C)O[C@@H]12. The van der Waals surface area contributed by atoms with Crippen LogP contribution in [0.15, 0.2) is 36.9 Å². The Morgan fingerprint density at radius 3 is 2.83 bits per heavy atom. The fraction of sp³-hybridized carbons (Fsp3) is 0.565. The van der Waals surface area contributed by atoms with Crippen molar-refractivity contribution in [1.29, 1.82) is 5.26 Å². The molecule has 30 heavy (non-hydrogen) atoms. The maximum absolute atomic E-state index is 13.2. The van der Waals surface area contributed by atoms with Crippen LogP contribution in [-0.4, -0.2) is 48.8 Å². The highest BCUT2D eigenvalue weighted by molar-refractivity contribution is 5.85. The summed E-state index contributed by atoms with van der Waals surface area (Å²) in [5, 5.41) is 12.3. The monoisotopic (exact) mass is 414 g/mol. The van der Waals surface area contributed by atoms with E-state index < -0.39 is 17.5 Å². The van der Waals surface area contributed by atoms with Gasteiger partial charge in [-0.25, -0.2) is 0 Å². The van der Waals surface area contributed by atoms with Gasteiger partial charge in [-0.2, -0.15) is 5.26 Å². The van der Waals surface area contributed by atoms with E-state index >= 15 is 0 Å². The fourth-order valence-corrected chi connectivity index (χ4v) is 4.19. The van der Waals surface area contributed by atoms with Crippen LogP contribution in [0.4, 0.5) is 0 Å². The molecule has 1 saturated heterocycles. The smallest absolute Gasteiger partial charge is 0.252 e. The summed E-state index contributed by atoms with van der Waals surface area (Å²) >= 11 is 0. The number of hydrogen-bond acceptors (Lipinski definition) is 6. The molecule has 2 aliphatic rings. The molecule has 0 aromatic heterocycles. The van der Waals surface area contributed by atoms with Crippen molar-refractivity contribution < 1.29 is 23.7 Å². The lowest BCUT2D eigenvalue weighted by Crippen LogP contribution is -2.60. The van der Waals surface area contributed by atoms with E-state index in [-0.39, 0.29) is 24.7 Å². The van der Waals surface area contributed by atoms with Crippen molar-refractivity contribution in [3.8, 4) is 6.07 Å². The average Bonchev–Trinajstić information content (AvgIpc) is 3.04. The number of amides is 1. The molecular weight excluding hydrogens is 384 g/mol. The van der Waals surface area contributed by atoms with E-state index in [1.807, 2.05) is 32.9 Å². The highest BCUT2D eigenvalue weighted by Crippen LogP contribution is 2.44. The number of likely N-dealkylation sites (N-methyl/N-ethyl adjacent to an activating group) is 1. The fourth-order valence-electron chi connectivity index (χ4n) is 4.19. The zero-order valence-electron chi connectivity index (χ0n) is 17.8. The van der Waals surface area contributed by atoms with Gasteiger partial charge in [0, 0.05) is 19.4 Å². The molecule has 1 aromatic carbocycles. The summed E-state index contributed by atoms with van der Waals surface area (Å²) in [6, 6.07) is 9.40. The molecular formula is C23H30N2O5. The molecule has 0 unspecified atom stereocenters. The van der Waals surface area contributed by atoms with Crippen LogP contribution in [0.2, 0.25) is 0 Å². The normalized spacial score (nSPS) is 29.6. The Morgan fingerprint density at radius 2 is 2.13 bits per heavy atom. The number of carbonyl (C=O) groups is 1. The van der Waals surface area contributed by atoms with Gasteiger partial charge in [-0.1, -0.05) is 24.3 Å². The molecule has 4 atom stereocenters. The molecule has 2 fully saturated rings. The number of ether oxygens (including phenoxy) is 4. The summed E-state index contributed by atoms with van der Waals surface area (Å²) in [5.74, 6) is -0.978. The van der Waals surface area contributed by atoms with E-state index in [0.717, 1.165) is 5.56 Å². The first kappa shape index (κ1) is 22.4. The highest BCUT2D eigenvalue weighted by atomic mass is 16.8. The van der Waals surface area contributed by atoms with Gasteiger partial charge in [0.2, 0.25) is 0 Å². The average molecular weight is 415 g/mol. The van der Waals surface area contributed by atoms with Crippen LogP contribution in [0.25, 0.3) is 0 Å². The quantitative estimate of drug-likeness (QED) is 0.658. The maximum atomic E-state index is 13.2. The molecule has 1 aliphatic carbocycles. The Bertz CT molecular complexity index is 818. The van der Waals surface area contributed by atoms with Crippen molar-refractivity contribution >= 4 is 5.91 Å². The van der Waals surface area contributed by atoms with Crippen LogP contribution in [0, 0.1) is 11.3 Å². The third kappa shape index (κ3) is 4.73. The van der Waals surface area contributed by atoms with E-state index in [0.29, 0.717) is 31.6 Å². The zero-order valence-corrected chi connectivity index (χ0v) is 17.8. The zero-order chi connectivity index (χ0) is 21.8. The van der Waals surface area contributed by atoms with Gasteiger partial charge in [-0.05, 0) is 32.4 Å². The molecule has 7 heteroatoms. The lowest BCUT2D eigenvalue weighted by Gasteiger charge is -2.43. The Morgan fingerprint density at radius 1 is 1.37 bits per heavy atom. The second kappa shape index (κ2) is 9.27. The van der Waals surface area contributed by atoms with Crippen molar-refractivity contribution in [3.63, 3.8) is 0 Å². The second-order valence-corrected chi connectivity index (χ2v) is 8.12. The number of fused-ring (bicyclic) bond motifs is 1. The standard InChI is InChI=1S/C23H30N2O5/c1-5-11-27-18-12-23(21(26)25-6-2,13-19-20(18)30-22(3,4)29-19)28-15-17-10-8-7-9-16(17)14-24/h5,7-10,18-20H,1,6,11-13,15H2,2-4H3,(H,25,26)/t18-,19+,20-,23+/m0/s1. The second-order valence-electron chi connectivity index (χ2n) is 8.12. The van der Waals surface area contributed by atoms with Crippen molar-refractivity contribution in [2.45, 2.75) is 69.9 Å². The first-order valence-electron chi connectivity index (χ1n) is 10.3. The topological polar surface area (TPSA) is 89.8 Å². The van der Waals surface area contributed by atoms with Gasteiger partial charge in [0.25, 0.3) is 5.91 Å². The Hall–Kier alpha value is -2.24. The van der Waals surface area contributed by atoms with Crippen LogP contribution >= 0.6 is 0 Å². The lowest BCUT2D eigenvalue weighted by atomic mass is 9.78. The number of nitrogens with zero attached hydrogens (tertiary/aromatic N) is 1. The number of rotatable bonds is 8. The molecule has 0 radical (unpaired) electrons. The van der Waals surface area contributed by atoms with Gasteiger partial charge in [-0.3, -0.25) is 4.79 Å². The molecule has 3 rings (SSSR count). The number of nitriles is 1. The summed E-state index contributed by atoms with van der Waals surface area (Å²) < 4.78 is 24.5. The number of benzene rings is 1. The third-order valence-electron chi connectivity index (χ3n) is 5.47. The van der Waals surface area contributed by atoms with Gasteiger partial charge in [0.05, 0.1) is 37.1 Å². The Labute approximate surface area is 177 Å². The first-order chi connectivity index (χ1) is 14.3. The summed E-state index contributed by atoms with van der Waals surface area (Å²) in [5.41, 5.74) is 0.103.